The second-order valence-electron chi connectivity index (χ2n) is 7.46. The van der Waals surface area contributed by atoms with Crippen LogP contribution in [0.1, 0.15) is 28.4 Å². The van der Waals surface area contributed by atoms with E-state index in [9.17, 15) is 35.5 Å². The van der Waals surface area contributed by atoms with Gasteiger partial charge in [-0.05, 0) is 42.0 Å². The van der Waals surface area contributed by atoms with Gasteiger partial charge >= 0.3 is 18.4 Å². The molecule has 0 bridgehead atoms. The predicted molar refractivity (Wildman–Crippen MR) is 110 cm³/mol. The summed E-state index contributed by atoms with van der Waals surface area (Å²) in [5.74, 6) is -1.33. The lowest BCUT2D eigenvalue weighted by Gasteiger charge is -2.16. The van der Waals surface area contributed by atoms with Gasteiger partial charge in [0, 0.05) is 11.9 Å². The number of carbonyl (C=O) groups is 1. The van der Waals surface area contributed by atoms with Crippen molar-refractivity contribution in [3.8, 4) is 0 Å². The molecule has 3 aromatic rings. The first kappa shape index (κ1) is 24.1. The van der Waals surface area contributed by atoms with Crippen molar-refractivity contribution in [3.63, 3.8) is 0 Å². The third-order valence-electron chi connectivity index (χ3n) is 5.07. The number of carbonyl (C=O) groups excluding carboxylic acids is 1. The first-order chi connectivity index (χ1) is 16.4. The summed E-state index contributed by atoms with van der Waals surface area (Å²) in [4.78, 5) is 19.9. The van der Waals surface area contributed by atoms with Crippen molar-refractivity contribution < 1.29 is 35.5 Å². The van der Waals surface area contributed by atoms with E-state index in [1.807, 2.05) is 0 Å². The van der Waals surface area contributed by atoms with E-state index >= 15 is 0 Å². The van der Waals surface area contributed by atoms with E-state index in [0.29, 0.717) is 11.8 Å². The van der Waals surface area contributed by atoms with Gasteiger partial charge in [-0.25, -0.2) is 19.2 Å². The van der Waals surface area contributed by atoms with E-state index in [1.54, 1.807) is 0 Å². The van der Waals surface area contributed by atoms with Crippen LogP contribution in [-0.2, 0) is 12.4 Å². The minimum Gasteiger partial charge on any atom is -0.306 e. The minimum absolute atomic E-state index is 0.0688. The molecule has 0 spiro atoms. The molecule has 0 aliphatic carbocycles. The third kappa shape index (κ3) is 5.39. The van der Waals surface area contributed by atoms with Crippen molar-refractivity contribution in [2.24, 2.45) is 5.10 Å². The summed E-state index contributed by atoms with van der Waals surface area (Å²) in [5.41, 5.74) is -1.32. The number of benzene rings is 2. The lowest BCUT2D eigenvalue weighted by molar-refractivity contribution is -0.141. The molecule has 2 amide bonds. The molecule has 35 heavy (non-hydrogen) atoms. The van der Waals surface area contributed by atoms with Crippen LogP contribution in [0.25, 0.3) is 0 Å². The maximum atomic E-state index is 13.4. The quantitative estimate of drug-likeness (QED) is 0.473. The van der Waals surface area contributed by atoms with Crippen LogP contribution in [-0.4, -0.2) is 33.3 Å². The molecule has 1 atom stereocenters. The number of aromatic nitrogens is 2. The zero-order chi connectivity index (χ0) is 25.4. The van der Waals surface area contributed by atoms with Crippen LogP contribution in [0.15, 0.2) is 66.0 Å². The van der Waals surface area contributed by atoms with Gasteiger partial charge in [-0.2, -0.15) is 31.4 Å². The third-order valence-corrected chi connectivity index (χ3v) is 5.07. The zero-order valence-electron chi connectivity index (χ0n) is 17.4. The average molecular weight is 497 g/mol. The van der Waals surface area contributed by atoms with Gasteiger partial charge in [-0.1, -0.05) is 12.1 Å². The Morgan fingerprint density at radius 1 is 0.886 bits per heavy atom. The number of nitrogens with one attached hydrogen (secondary N) is 1. The SMILES string of the molecule is O=C(Nc1ccc(C(F)(F)F)cc1)N1CC(c2cnc(C(F)(F)F)cn2)C(c2ccc(F)cc2)=N1. The molecule has 13 heteroatoms. The van der Waals surface area contributed by atoms with E-state index in [1.165, 1.54) is 12.1 Å². The summed E-state index contributed by atoms with van der Waals surface area (Å²) in [6.07, 6.45) is -7.75. The molecule has 0 radical (unpaired) electrons. The fraction of sp³-hybridized carbons (Fsp3) is 0.182. The molecule has 1 aromatic heterocycles. The highest BCUT2D eigenvalue weighted by atomic mass is 19.4. The number of hydrazone groups is 1. The van der Waals surface area contributed by atoms with Crippen LogP contribution < -0.4 is 5.32 Å². The van der Waals surface area contributed by atoms with Crippen LogP contribution in [0.5, 0.6) is 0 Å². The van der Waals surface area contributed by atoms with Crippen LogP contribution in [0.2, 0.25) is 0 Å². The molecule has 4 rings (SSSR count). The summed E-state index contributed by atoms with van der Waals surface area (Å²) < 4.78 is 90.2. The highest BCUT2D eigenvalue weighted by Gasteiger charge is 2.36. The number of halogens is 7. The van der Waals surface area contributed by atoms with Crippen molar-refractivity contribution in [2.45, 2.75) is 18.3 Å². The normalized spacial score (nSPS) is 16.3. The highest BCUT2D eigenvalue weighted by Crippen LogP contribution is 2.32. The standard InChI is InChI=1S/C22H14F7N5O/c23-14-5-1-12(2-6-14)19-16(17-9-31-18(10-30-17)22(27,28)29)11-34(33-19)20(35)32-15-7-3-13(4-8-15)21(24,25)26/h1-10,16H,11H2,(H,32,35). The Labute approximate surface area is 193 Å². The van der Waals surface area contributed by atoms with Crippen LogP contribution in [0, 0.1) is 5.82 Å². The molecule has 1 aliphatic heterocycles. The Morgan fingerprint density at radius 3 is 2.09 bits per heavy atom. The molecule has 6 nitrogen and oxygen atoms in total. The second-order valence-corrected chi connectivity index (χ2v) is 7.46. The lowest BCUT2D eigenvalue weighted by atomic mass is 9.94. The summed E-state index contributed by atoms with van der Waals surface area (Å²) >= 11 is 0. The first-order valence-corrected chi connectivity index (χ1v) is 9.91. The number of rotatable bonds is 3. The second kappa shape index (κ2) is 8.96. The number of alkyl halides is 6. The van der Waals surface area contributed by atoms with E-state index in [4.69, 9.17) is 0 Å². The molecule has 1 aliphatic rings. The smallest absolute Gasteiger partial charge is 0.306 e. The monoisotopic (exact) mass is 497 g/mol. The Balaban J connectivity index is 1.60. The van der Waals surface area contributed by atoms with Gasteiger partial charge < -0.3 is 5.32 Å². The summed E-state index contributed by atoms with van der Waals surface area (Å²) in [5, 5.41) is 7.59. The van der Waals surface area contributed by atoms with Crippen LogP contribution in [0.3, 0.4) is 0 Å². The molecule has 0 fully saturated rings. The van der Waals surface area contributed by atoms with Gasteiger partial charge in [-0.15, -0.1) is 0 Å². The number of hydrogen-bond donors (Lipinski definition) is 1. The topological polar surface area (TPSA) is 70.5 Å². The molecular formula is C22H14F7N5O. The molecular weight excluding hydrogens is 483 g/mol. The van der Waals surface area contributed by atoms with Crippen molar-refractivity contribution in [3.05, 3.63) is 89.3 Å². The largest absolute Gasteiger partial charge is 0.434 e. The number of amides is 2. The van der Waals surface area contributed by atoms with Gasteiger partial charge in [0.2, 0.25) is 0 Å². The zero-order valence-corrected chi connectivity index (χ0v) is 17.4. The van der Waals surface area contributed by atoms with Crippen LogP contribution in [0.4, 0.5) is 41.2 Å². The van der Waals surface area contributed by atoms with E-state index in [2.05, 4.69) is 20.4 Å². The molecule has 182 valence electrons. The van der Waals surface area contributed by atoms with Crippen molar-refractivity contribution in [1.29, 1.82) is 0 Å². The fourth-order valence-electron chi connectivity index (χ4n) is 3.34. The molecule has 0 saturated heterocycles. The van der Waals surface area contributed by atoms with Crippen molar-refractivity contribution in [2.75, 3.05) is 11.9 Å². The molecule has 1 unspecified atom stereocenters. The first-order valence-electron chi connectivity index (χ1n) is 9.91. The van der Waals surface area contributed by atoms with Gasteiger partial charge in [0.1, 0.15) is 5.82 Å². The Hall–Kier alpha value is -4.03. The van der Waals surface area contributed by atoms with E-state index < -0.39 is 41.4 Å². The minimum atomic E-state index is -4.69. The van der Waals surface area contributed by atoms with Crippen molar-refractivity contribution in [1.82, 2.24) is 15.0 Å². The lowest BCUT2D eigenvalue weighted by Crippen LogP contribution is -2.30. The fourth-order valence-corrected chi connectivity index (χ4v) is 3.34. The summed E-state index contributed by atoms with van der Waals surface area (Å²) in [6, 6.07) is 8.01. The molecule has 2 heterocycles. The van der Waals surface area contributed by atoms with Crippen molar-refractivity contribution >= 4 is 17.4 Å². The predicted octanol–water partition coefficient (Wildman–Crippen LogP) is 5.69. The molecule has 0 saturated carbocycles. The number of nitrogens with zero attached hydrogens (tertiary/aromatic N) is 4. The maximum absolute atomic E-state index is 13.4. The molecule has 2 aromatic carbocycles. The molecule has 1 N–H and O–H groups in total. The summed E-state index contributed by atoms with van der Waals surface area (Å²) in [6.45, 7) is -0.154. The van der Waals surface area contributed by atoms with Gasteiger partial charge in [-0.3, -0.25) is 4.98 Å². The Bertz CT molecular complexity index is 1240. The maximum Gasteiger partial charge on any atom is 0.434 e. The summed E-state index contributed by atoms with van der Waals surface area (Å²) in [7, 11) is 0. The van der Waals surface area contributed by atoms with E-state index in [0.717, 1.165) is 47.6 Å². The van der Waals surface area contributed by atoms with E-state index in [-0.39, 0.29) is 23.6 Å². The van der Waals surface area contributed by atoms with Gasteiger partial charge in [0.05, 0.1) is 35.6 Å². The van der Waals surface area contributed by atoms with Gasteiger partial charge in [0.25, 0.3) is 0 Å². The number of anilines is 1. The number of hydrogen-bond acceptors (Lipinski definition) is 4. The Kier molecular flexibility index (Phi) is 6.17. The highest BCUT2D eigenvalue weighted by molar-refractivity contribution is 6.07. The Morgan fingerprint density at radius 2 is 1.54 bits per heavy atom. The number of urea groups is 1. The average Bonchev–Trinajstić information content (AvgIpc) is 3.24. The van der Waals surface area contributed by atoms with Crippen LogP contribution >= 0.6 is 0 Å². The van der Waals surface area contributed by atoms with Gasteiger partial charge in [0.15, 0.2) is 5.69 Å².